The van der Waals surface area contributed by atoms with Crippen molar-refractivity contribution in [2.24, 2.45) is 7.05 Å². The Balaban J connectivity index is 1.62. The molecule has 0 saturated heterocycles. The summed E-state index contributed by atoms with van der Waals surface area (Å²) in [6, 6.07) is 14.3. The van der Waals surface area contributed by atoms with Crippen LogP contribution in [0.3, 0.4) is 0 Å². The summed E-state index contributed by atoms with van der Waals surface area (Å²) < 4.78 is 3.59. The highest BCUT2D eigenvalue weighted by Crippen LogP contribution is 2.54. The van der Waals surface area contributed by atoms with Gasteiger partial charge in [-0.1, -0.05) is 18.2 Å². The fraction of sp³-hybridized carbons (Fsp3) is 0.250. The zero-order chi connectivity index (χ0) is 21.3. The first kappa shape index (κ1) is 18.1. The van der Waals surface area contributed by atoms with Crippen LogP contribution in [0.4, 0.5) is 0 Å². The highest BCUT2D eigenvalue weighted by molar-refractivity contribution is 5.96. The number of benzene rings is 1. The van der Waals surface area contributed by atoms with Crippen LogP contribution in [0.5, 0.6) is 0 Å². The van der Waals surface area contributed by atoms with Crippen LogP contribution in [0.15, 0.2) is 54.9 Å². The van der Waals surface area contributed by atoms with Gasteiger partial charge in [-0.05, 0) is 49.6 Å². The highest BCUT2D eigenvalue weighted by Gasteiger charge is 2.53. The Kier molecular flexibility index (Phi) is 3.57. The predicted octanol–water partition coefficient (Wildman–Crippen LogP) is 3.72. The van der Waals surface area contributed by atoms with E-state index in [1.807, 2.05) is 48.8 Å². The lowest BCUT2D eigenvalue weighted by Crippen LogP contribution is -2.36. The van der Waals surface area contributed by atoms with Crippen LogP contribution >= 0.6 is 0 Å². The molecule has 1 fully saturated rings. The van der Waals surface area contributed by atoms with Gasteiger partial charge in [0.15, 0.2) is 0 Å². The van der Waals surface area contributed by atoms with Gasteiger partial charge in [0.1, 0.15) is 11.4 Å². The molecule has 1 spiro atoms. The summed E-state index contributed by atoms with van der Waals surface area (Å²) in [4.78, 5) is 19.8. The molecule has 0 unspecified atom stereocenters. The van der Waals surface area contributed by atoms with Crippen LogP contribution in [-0.4, -0.2) is 42.4 Å². The first-order valence-electron chi connectivity index (χ1n) is 10.4. The van der Waals surface area contributed by atoms with Gasteiger partial charge < -0.3 is 4.90 Å². The van der Waals surface area contributed by atoms with Crippen LogP contribution < -0.4 is 0 Å². The van der Waals surface area contributed by atoms with Gasteiger partial charge in [0.2, 0.25) is 0 Å². The second-order valence-corrected chi connectivity index (χ2v) is 8.43. The van der Waals surface area contributed by atoms with E-state index in [1.54, 1.807) is 17.1 Å². The fourth-order valence-corrected chi connectivity index (χ4v) is 4.79. The summed E-state index contributed by atoms with van der Waals surface area (Å²) in [5, 5.41) is 9.14. The van der Waals surface area contributed by atoms with Gasteiger partial charge in [0, 0.05) is 43.3 Å². The molecule has 154 valence electrons. The van der Waals surface area contributed by atoms with E-state index < -0.39 is 0 Å². The largest absolute Gasteiger partial charge is 0.331 e. The first-order chi connectivity index (χ1) is 15.0. The zero-order valence-electron chi connectivity index (χ0n) is 17.7. The smallest absolute Gasteiger partial charge is 0.273 e. The number of aryl methyl sites for hydroxylation is 2. The zero-order valence-corrected chi connectivity index (χ0v) is 17.7. The van der Waals surface area contributed by atoms with Crippen LogP contribution in [0.25, 0.3) is 28.2 Å². The minimum absolute atomic E-state index is 0.00581. The number of rotatable bonds is 2. The van der Waals surface area contributed by atoms with Crippen molar-refractivity contribution in [3.63, 3.8) is 0 Å². The second-order valence-electron chi connectivity index (χ2n) is 8.43. The first-order valence-corrected chi connectivity index (χ1v) is 10.4. The second kappa shape index (κ2) is 6.14. The van der Waals surface area contributed by atoms with Gasteiger partial charge in [-0.25, -0.2) is 4.68 Å². The molecular weight excluding hydrogens is 388 g/mol. The average molecular weight is 410 g/mol. The number of hydrogen-bond acceptors (Lipinski definition) is 4. The summed E-state index contributed by atoms with van der Waals surface area (Å²) in [6.45, 7) is 2.01. The lowest BCUT2D eigenvalue weighted by Gasteiger charge is -2.27. The van der Waals surface area contributed by atoms with Gasteiger partial charge in [0.05, 0.1) is 16.9 Å². The van der Waals surface area contributed by atoms with Crippen LogP contribution in [0.2, 0.25) is 0 Å². The molecule has 7 nitrogen and oxygen atoms in total. The van der Waals surface area contributed by atoms with E-state index in [4.69, 9.17) is 5.10 Å². The van der Waals surface area contributed by atoms with Gasteiger partial charge in [-0.3, -0.25) is 14.5 Å². The highest BCUT2D eigenvalue weighted by atomic mass is 16.2. The van der Waals surface area contributed by atoms with E-state index in [-0.39, 0.29) is 11.4 Å². The maximum atomic E-state index is 13.5. The molecule has 0 N–H and O–H groups in total. The number of aromatic nitrogens is 5. The Hall–Kier alpha value is -3.74. The van der Waals surface area contributed by atoms with E-state index in [9.17, 15) is 4.79 Å². The lowest BCUT2D eigenvalue weighted by molar-refractivity contribution is 0.0704. The Morgan fingerprint density at radius 2 is 1.84 bits per heavy atom. The van der Waals surface area contributed by atoms with Crippen LogP contribution in [0.1, 0.15) is 34.6 Å². The average Bonchev–Trinajstić information content (AvgIpc) is 3.29. The summed E-state index contributed by atoms with van der Waals surface area (Å²) >= 11 is 0. The van der Waals surface area contributed by atoms with Gasteiger partial charge in [-0.15, -0.1) is 0 Å². The van der Waals surface area contributed by atoms with E-state index >= 15 is 0 Å². The maximum absolute atomic E-state index is 13.5. The number of amides is 1. The fourth-order valence-electron chi connectivity index (χ4n) is 4.79. The molecule has 0 bridgehead atoms. The normalized spacial score (nSPS) is 16.2. The summed E-state index contributed by atoms with van der Waals surface area (Å²) in [6.07, 6.45) is 5.48. The van der Waals surface area contributed by atoms with Crippen molar-refractivity contribution in [3.8, 4) is 28.2 Å². The van der Waals surface area contributed by atoms with Crippen molar-refractivity contribution in [2.45, 2.75) is 25.3 Å². The molecule has 1 aliphatic carbocycles. The van der Waals surface area contributed by atoms with Crippen LogP contribution in [-0.2, 0) is 12.6 Å². The maximum Gasteiger partial charge on any atom is 0.273 e. The third-order valence-electron chi connectivity index (χ3n) is 6.73. The number of carbonyl (C=O) groups is 1. The Morgan fingerprint density at radius 3 is 2.55 bits per heavy atom. The molecule has 1 amide bonds. The molecule has 31 heavy (non-hydrogen) atoms. The summed E-state index contributed by atoms with van der Waals surface area (Å²) in [7, 11) is 3.79. The van der Waals surface area contributed by atoms with Crippen molar-refractivity contribution in [1.29, 1.82) is 0 Å². The molecule has 2 aliphatic rings. The summed E-state index contributed by atoms with van der Waals surface area (Å²) in [5.74, 6) is -0.00581. The third kappa shape index (κ3) is 2.46. The number of nitrogens with zero attached hydrogens (tertiary/aromatic N) is 6. The molecule has 1 aliphatic heterocycles. The van der Waals surface area contributed by atoms with E-state index in [0.717, 1.165) is 52.3 Å². The number of hydrogen-bond donors (Lipinski definition) is 0. The van der Waals surface area contributed by atoms with Crippen molar-refractivity contribution in [3.05, 3.63) is 71.8 Å². The predicted molar refractivity (Wildman–Crippen MR) is 117 cm³/mol. The molecule has 0 atom stereocenters. The quantitative estimate of drug-likeness (QED) is 0.505. The molecule has 6 rings (SSSR count). The van der Waals surface area contributed by atoms with Gasteiger partial charge in [-0.2, -0.15) is 10.2 Å². The third-order valence-corrected chi connectivity index (χ3v) is 6.73. The Labute approximate surface area is 180 Å². The molecule has 7 heteroatoms. The van der Waals surface area contributed by atoms with Crippen molar-refractivity contribution < 1.29 is 4.79 Å². The molecular formula is C24H22N6O. The lowest BCUT2D eigenvalue weighted by atomic mass is 9.96. The SMILES string of the molecule is Cc1ncccc1-c1ccc2c(c1)-n1nc(-c3ccnn3C)cc1C(=O)N(C)C21CC1. The standard InChI is InChI=1S/C24H22N6O/c1-15-17(5-4-11-25-15)16-6-7-18-21(13-16)30-22(23(31)28(2)24(18)9-10-24)14-19(27-30)20-8-12-26-29(20)3/h4-8,11-14H,9-10H2,1-3H3. The van der Waals surface area contributed by atoms with E-state index in [0.29, 0.717) is 5.69 Å². The number of pyridine rings is 1. The number of fused-ring (bicyclic) bond motifs is 4. The molecule has 1 saturated carbocycles. The van der Waals surface area contributed by atoms with E-state index in [1.165, 1.54) is 0 Å². The topological polar surface area (TPSA) is 68.8 Å². The van der Waals surface area contributed by atoms with E-state index in [2.05, 4.69) is 34.3 Å². The molecule has 4 heterocycles. The van der Waals surface area contributed by atoms with Gasteiger partial charge in [0.25, 0.3) is 5.91 Å². The monoisotopic (exact) mass is 410 g/mol. The minimum atomic E-state index is -0.248. The Bertz CT molecular complexity index is 1360. The molecule has 3 aromatic heterocycles. The van der Waals surface area contributed by atoms with Crippen molar-refractivity contribution in [2.75, 3.05) is 7.05 Å². The van der Waals surface area contributed by atoms with Crippen molar-refractivity contribution in [1.82, 2.24) is 29.4 Å². The summed E-state index contributed by atoms with van der Waals surface area (Å²) in [5.41, 5.74) is 7.16. The molecule has 4 aromatic rings. The van der Waals surface area contributed by atoms with Crippen molar-refractivity contribution >= 4 is 5.91 Å². The van der Waals surface area contributed by atoms with Gasteiger partial charge >= 0.3 is 0 Å². The number of carbonyl (C=O) groups excluding carboxylic acids is 1. The minimum Gasteiger partial charge on any atom is -0.331 e. The molecule has 0 radical (unpaired) electrons. The Morgan fingerprint density at radius 1 is 1.00 bits per heavy atom. The molecule has 1 aromatic carbocycles. The van der Waals surface area contributed by atoms with Crippen LogP contribution in [0, 0.1) is 6.92 Å².